The molecule has 0 fully saturated rings. The normalized spacial score (nSPS) is 12.0. The summed E-state index contributed by atoms with van der Waals surface area (Å²) in [4.78, 5) is 13.1. The highest BCUT2D eigenvalue weighted by Crippen LogP contribution is 2.26. The zero-order chi connectivity index (χ0) is 17.6. The molecule has 3 heteroatoms. The van der Waals surface area contributed by atoms with Crippen LogP contribution in [0.4, 0.5) is 0 Å². The first-order valence-corrected chi connectivity index (χ1v) is 9.10. The van der Waals surface area contributed by atoms with E-state index in [1.807, 2.05) is 91.9 Å². The van der Waals surface area contributed by atoms with E-state index in [-0.39, 0.29) is 17.9 Å². The van der Waals surface area contributed by atoms with Crippen LogP contribution in [-0.4, -0.2) is 5.91 Å². The number of nitrogens with one attached hydrogen (secondary N) is 1. The smallest absolute Gasteiger partial charge is 0.232 e. The van der Waals surface area contributed by atoms with Crippen molar-refractivity contribution in [1.82, 2.24) is 5.32 Å². The van der Waals surface area contributed by atoms with Crippen molar-refractivity contribution >= 4 is 21.8 Å². The van der Waals surface area contributed by atoms with Crippen molar-refractivity contribution in [1.29, 1.82) is 0 Å². The van der Waals surface area contributed by atoms with Crippen molar-refractivity contribution in [3.63, 3.8) is 0 Å². The van der Waals surface area contributed by atoms with Crippen LogP contribution in [0.3, 0.4) is 0 Å². The minimum absolute atomic E-state index is 0.00724. The van der Waals surface area contributed by atoms with Gasteiger partial charge < -0.3 is 5.32 Å². The highest BCUT2D eigenvalue weighted by Gasteiger charge is 2.24. The van der Waals surface area contributed by atoms with Gasteiger partial charge >= 0.3 is 0 Å². The van der Waals surface area contributed by atoms with Gasteiger partial charge in [0, 0.05) is 4.47 Å². The lowest BCUT2D eigenvalue weighted by Crippen LogP contribution is -2.32. The molecule has 3 aromatic rings. The van der Waals surface area contributed by atoms with Crippen molar-refractivity contribution in [3.8, 4) is 0 Å². The molecule has 1 amide bonds. The van der Waals surface area contributed by atoms with Gasteiger partial charge in [0.05, 0.1) is 12.0 Å². The molecule has 0 radical (unpaired) electrons. The van der Waals surface area contributed by atoms with Gasteiger partial charge in [-0.15, -0.1) is 0 Å². The summed E-state index contributed by atoms with van der Waals surface area (Å²) in [6.07, 6.45) is 0. The molecule has 0 saturated carbocycles. The Morgan fingerprint density at radius 2 is 1.24 bits per heavy atom. The third-order valence-electron chi connectivity index (χ3n) is 4.26. The molecule has 0 saturated heterocycles. The maximum absolute atomic E-state index is 13.1. The third kappa shape index (κ3) is 4.37. The highest BCUT2D eigenvalue weighted by atomic mass is 79.9. The van der Waals surface area contributed by atoms with Gasteiger partial charge in [0.15, 0.2) is 0 Å². The molecule has 3 aromatic carbocycles. The van der Waals surface area contributed by atoms with Crippen LogP contribution in [-0.2, 0) is 4.79 Å². The SMILES string of the molecule is C[C@@H](NC(=O)C(c1ccccc1)c1ccccc1)c1ccc(Br)cc1. The number of rotatable bonds is 5. The molecular formula is C22H20BrNO. The number of hydrogen-bond acceptors (Lipinski definition) is 1. The highest BCUT2D eigenvalue weighted by molar-refractivity contribution is 9.10. The third-order valence-corrected chi connectivity index (χ3v) is 4.79. The minimum atomic E-state index is -0.319. The number of halogens is 1. The maximum atomic E-state index is 13.1. The van der Waals surface area contributed by atoms with Gasteiger partial charge in [-0.3, -0.25) is 4.79 Å². The Hall–Kier alpha value is -2.39. The van der Waals surface area contributed by atoms with Crippen LogP contribution in [0, 0.1) is 0 Å². The molecule has 0 aromatic heterocycles. The zero-order valence-corrected chi connectivity index (χ0v) is 15.6. The van der Waals surface area contributed by atoms with Crippen molar-refractivity contribution in [2.45, 2.75) is 18.9 Å². The molecule has 0 spiro atoms. The second-order valence-electron chi connectivity index (χ2n) is 6.04. The first-order valence-electron chi connectivity index (χ1n) is 8.31. The minimum Gasteiger partial charge on any atom is -0.349 e. The number of amides is 1. The van der Waals surface area contributed by atoms with Crippen molar-refractivity contribution in [3.05, 3.63) is 106 Å². The van der Waals surface area contributed by atoms with E-state index in [4.69, 9.17) is 0 Å². The molecule has 126 valence electrons. The molecule has 0 bridgehead atoms. The molecular weight excluding hydrogens is 374 g/mol. The Labute approximate surface area is 157 Å². The Morgan fingerprint density at radius 1 is 0.760 bits per heavy atom. The van der Waals surface area contributed by atoms with E-state index in [1.165, 1.54) is 0 Å². The van der Waals surface area contributed by atoms with Crippen LogP contribution in [0.1, 0.15) is 35.6 Å². The summed E-state index contributed by atoms with van der Waals surface area (Å²) in [5.74, 6) is -0.312. The van der Waals surface area contributed by atoms with Crippen LogP contribution < -0.4 is 5.32 Å². The first-order chi connectivity index (χ1) is 12.1. The average molecular weight is 394 g/mol. The van der Waals surface area contributed by atoms with Gasteiger partial charge in [-0.25, -0.2) is 0 Å². The van der Waals surface area contributed by atoms with E-state index in [0.29, 0.717) is 0 Å². The molecule has 0 aliphatic heterocycles. The fourth-order valence-electron chi connectivity index (χ4n) is 2.92. The van der Waals surface area contributed by atoms with Gasteiger partial charge in [0.25, 0.3) is 0 Å². The summed E-state index contributed by atoms with van der Waals surface area (Å²) in [6.45, 7) is 2.01. The molecule has 2 nitrogen and oxygen atoms in total. The van der Waals surface area contributed by atoms with Crippen LogP contribution in [0.2, 0.25) is 0 Å². The largest absolute Gasteiger partial charge is 0.349 e. The van der Waals surface area contributed by atoms with E-state index in [1.54, 1.807) is 0 Å². The van der Waals surface area contributed by atoms with Gasteiger partial charge in [-0.2, -0.15) is 0 Å². The summed E-state index contributed by atoms with van der Waals surface area (Å²) < 4.78 is 1.03. The first kappa shape index (κ1) is 17.4. The van der Waals surface area contributed by atoms with Gasteiger partial charge in [-0.05, 0) is 35.7 Å². The van der Waals surface area contributed by atoms with E-state index in [0.717, 1.165) is 21.2 Å². The monoisotopic (exact) mass is 393 g/mol. The fourth-order valence-corrected chi connectivity index (χ4v) is 3.18. The molecule has 1 N–H and O–H groups in total. The summed E-state index contributed by atoms with van der Waals surface area (Å²) in [6, 6.07) is 27.8. The van der Waals surface area contributed by atoms with E-state index in [9.17, 15) is 4.79 Å². The van der Waals surface area contributed by atoms with E-state index >= 15 is 0 Å². The van der Waals surface area contributed by atoms with Gasteiger partial charge in [0.1, 0.15) is 0 Å². The Balaban J connectivity index is 1.86. The molecule has 25 heavy (non-hydrogen) atoms. The molecule has 3 rings (SSSR count). The lowest BCUT2D eigenvalue weighted by Gasteiger charge is -2.21. The summed E-state index contributed by atoms with van der Waals surface area (Å²) in [5.41, 5.74) is 3.07. The van der Waals surface area contributed by atoms with Crippen LogP contribution in [0.25, 0.3) is 0 Å². The second-order valence-corrected chi connectivity index (χ2v) is 6.95. The maximum Gasteiger partial charge on any atom is 0.232 e. The summed E-state index contributed by atoms with van der Waals surface area (Å²) in [5, 5.41) is 3.16. The van der Waals surface area contributed by atoms with Crippen LogP contribution >= 0.6 is 15.9 Å². The number of benzene rings is 3. The average Bonchev–Trinajstić information content (AvgIpc) is 2.64. The predicted molar refractivity (Wildman–Crippen MR) is 105 cm³/mol. The topological polar surface area (TPSA) is 29.1 Å². The Kier molecular flexibility index (Phi) is 5.67. The van der Waals surface area contributed by atoms with E-state index < -0.39 is 0 Å². The number of hydrogen-bond donors (Lipinski definition) is 1. The van der Waals surface area contributed by atoms with Crippen LogP contribution in [0.15, 0.2) is 89.4 Å². The van der Waals surface area contributed by atoms with Crippen molar-refractivity contribution < 1.29 is 4.79 Å². The van der Waals surface area contributed by atoms with Gasteiger partial charge in [-0.1, -0.05) is 88.7 Å². The molecule has 0 aliphatic rings. The van der Waals surface area contributed by atoms with Gasteiger partial charge in [0.2, 0.25) is 5.91 Å². The zero-order valence-electron chi connectivity index (χ0n) is 14.0. The lowest BCUT2D eigenvalue weighted by atomic mass is 9.90. The van der Waals surface area contributed by atoms with E-state index in [2.05, 4.69) is 21.2 Å². The number of carbonyl (C=O) groups is 1. The Bertz CT molecular complexity index is 776. The molecule has 0 unspecified atom stereocenters. The summed E-state index contributed by atoms with van der Waals surface area (Å²) in [7, 11) is 0. The Morgan fingerprint density at radius 3 is 1.72 bits per heavy atom. The lowest BCUT2D eigenvalue weighted by molar-refractivity contribution is -0.122. The molecule has 0 aliphatic carbocycles. The van der Waals surface area contributed by atoms with Crippen molar-refractivity contribution in [2.75, 3.05) is 0 Å². The predicted octanol–water partition coefficient (Wildman–Crippen LogP) is 5.46. The second kappa shape index (κ2) is 8.13. The van der Waals surface area contributed by atoms with Crippen molar-refractivity contribution in [2.24, 2.45) is 0 Å². The molecule has 0 heterocycles. The fraction of sp³-hybridized carbons (Fsp3) is 0.136. The molecule has 1 atom stereocenters. The number of carbonyl (C=O) groups excluding carboxylic acids is 1. The summed E-state index contributed by atoms with van der Waals surface area (Å²) >= 11 is 3.44. The standard InChI is InChI=1S/C22H20BrNO/c1-16(17-12-14-20(23)15-13-17)24-22(25)21(18-8-4-2-5-9-18)19-10-6-3-7-11-19/h2-16,21H,1H3,(H,24,25)/t16-/m1/s1. The quantitative estimate of drug-likeness (QED) is 0.612. The van der Waals surface area contributed by atoms with Crippen LogP contribution in [0.5, 0.6) is 0 Å².